The third-order valence-corrected chi connectivity index (χ3v) is 5.64. The smallest absolute Gasteiger partial charge is 0.251 e. The van der Waals surface area contributed by atoms with Crippen molar-refractivity contribution in [2.45, 2.75) is 12.5 Å². The van der Waals surface area contributed by atoms with Crippen LogP contribution in [-0.4, -0.2) is 40.2 Å². The Morgan fingerprint density at radius 3 is 2.86 bits per heavy atom. The van der Waals surface area contributed by atoms with Gasteiger partial charge in [-0.2, -0.15) is 5.10 Å². The maximum absolute atomic E-state index is 12.6. The van der Waals surface area contributed by atoms with E-state index in [2.05, 4.69) is 25.4 Å². The lowest BCUT2D eigenvalue weighted by Gasteiger charge is -2.16. The van der Waals surface area contributed by atoms with Gasteiger partial charge in [0.1, 0.15) is 0 Å². The lowest BCUT2D eigenvalue weighted by molar-refractivity contribution is 0.0940. The van der Waals surface area contributed by atoms with E-state index < -0.39 is 0 Å². The van der Waals surface area contributed by atoms with Crippen molar-refractivity contribution in [2.75, 3.05) is 18.0 Å². The molecule has 1 saturated heterocycles. The molecular formula is C22H20ClN5O. The SMILES string of the molecule is O=C(N[C@H]1CCN(c2cc(-c3ccc(Cl)cc3)[nH]n2)C1)c1ccc2cc[nH]c2c1. The van der Waals surface area contributed by atoms with Gasteiger partial charge in [-0.3, -0.25) is 9.89 Å². The Labute approximate surface area is 172 Å². The Hall–Kier alpha value is -3.25. The third kappa shape index (κ3) is 3.59. The zero-order valence-electron chi connectivity index (χ0n) is 15.7. The summed E-state index contributed by atoms with van der Waals surface area (Å²) in [6.45, 7) is 1.59. The molecule has 0 spiro atoms. The number of hydrogen-bond acceptors (Lipinski definition) is 3. The first-order chi connectivity index (χ1) is 14.2. The molecule has 7 heteroatoms. The maximum Gasteiger partial charge on any atom is 0.251 e. The van der Waals surface area contributed by atoms with E-state index in [1.54, 1.807) is 0 Å². The average Bonchev–Trinajstić information content (AvgIpc) is 3.48. The zero-order chi connectivity index (χ0) is 19.8. The van der Waals surface area contributed by atoms with E-state index in [4.69, 9.17) is 11.6 Å². The lowest BCUT2D eigenvalue weighted by atomic mass is 10.1. The van der Waals surface area contributed by atoms with Gasteiger partial charge in [-0.1, -0.05) is 29.8 Å². The van der Waals surface area contributed by atoms with E-state index >= 15 is 0 Å². The predicted molar refractivity (Wildman–Crippen MR) is 115 cm³/mol. The normalized spacial score (nSPS) is 16.4. The van der Waals surface area contributed by atoms with Gasteiger partial charge in [0.15, 0.2) is 5.82 Å². The molecule has 1 aliphatic heterocycles. The van der Waals surface area contributed by atoms with Gasteiger partial charge in [0.05, 0.1) is 5.69 Å². The van der Waals surface area contributed by atoms with Gasteiger partial charge in [-0.05, 0) is 47.7 Å². The molecule has 1 amide bonds. The molecule has 0 aliphatic carbocycles. The summed E-state index contributed by atoms with van der Waals surface area (Å²) in [7, 11) is 0. The van der Waals surface area contributed by atoms with Crippen molar-refractivity contribution in [3.63, 3.8) is 0 Å². The van der Waals surface area contributed by atoms with Crippen LogP contribution >= 0.6 is 11.6 Å². The Morgan fingerprint density at radius 2 is 2.00 bits per heavy atom. The summed E-state index contributed by atoms with van der Waals surface area (Å²) in [6, 6.07) is 17.5. The minimum absolute atomic E-state index is 0.0442. The number of anilines is 1. The minimum Gasteiger partial charge on any atom is -0.361 e. The number of aromatic nitrogens is 3. The van der Waals surface area contributed by atoms with Crippen LogP contribution in [0.2, 0.25) is 5.02 Å². The van der Waals surface area contributed by atoms with Gasteiger partial charge in [0, 0.05) is 47.5 Å². The van der Waals surface area contributed by atoms with Crippen LogP contribution in [0.5, 0.6) is 0 Å². The fourth-order valence-corrected chi connectivity index (χ4v) is 3.92. The average molecular weight is 406 g/mol. The van der Waals surface area contributed by atoms with Gasteiger partial charge in [0.2, 0.25) is 0 Å². The largest absolute Gasteiger partial charge is 0.361 e. The minimum atomic E-state index is -0.0442. The number of aromatic amines is 2. The molecule has 3 N–H and O–H groups in total. The number of carbonyl (C=O) groups is 1. The van der Waals surface area contributed by atoms with Crippen LogP contribution < -0.4 is 10.2 Å². The molecule has 0 saturated carbocycles. The number of benzene rings is 2. The number of H-pyrrole nitrogens is 2. The quantitative estimate of drug-likeness (QED) is 0.475. The number of nitrogens with zero attached hydrogens (tertiary/aromatic N) is 2. The van der Waals surface area contributed by atoms with Crippen molar-refractivity contribution in [3.05, 3.63) is 71.4 Å². The highest BCUT2D eigenvalue weighted by atomic mass is 35.5. The van der Waals surface area contributed by atoms with Crippen molar-refractivity contribution in [1.82, 2.24) is 20.5 Å². The molecule has 4 aromatic rings. The number of carbonyl (C=O) groups excluding carboxylic acids is 1. The first kappa shape index (κ1) is 17.8. The molecule has 0 radical (unpaired) electrons. The summed E-state index contributed by atoms with van der Waals surface area (Å²) in [5.41, 5.74) is 3.63. The van der Waals surface area contributed by atoms with E-state index in [1.807, 2.05) is 60.8 Å². The molecule has 2 aromatic carbocycles. The maximum atomic E-state index is 12.6. The van der Waals surface area contributed by atoms with Gasteiger partial charge in [-0.25, -0.2) is 0 Å². The second kappa shape index (κ2) is 7.29. The van der Waals surface area contributed by atoms with Crippen LogP contribution in [-0.2, 0) is 0 Å². The predicted octanol–water partition coefficient (Wildman–Crippen LogP) is 4.22. The summed E-state index contributed by atoms with van der Waals surface area (Å²) in [6.07, 6.45) is 2.77. The van der Waals surface area contributed by atoms with Crippen LogP contribution in [0.25, 0.3) is 22.2 Å². The standard InChI is InChI=1S/C22H20ClN5O/c23-17-5-3-14(4-6-17)20-12-21(27-26-20)28-10-8-18(13-28)25-22(29)16-2-1-15-7-9-24-19(15)11-16/h1-7,9,11-12,18,24H,8,10,13H2,(H,25,29)(H,26,27)/t18-/m0/s1. The summed E-state index contributed by atoms with van der Waals surface area (Å²) >= 11 is 5.96. The van der Waals surface area contributed by atoms with Crippen molar-refractivity contribution < 1.29 is 4.79 Å². The fraction of sp³-hybridized carbons (Fsp3) is 0.182. The Bertz CT molecular complexity index is 1160. The monoisotopic (exact) mass is 405 g/mol. The number of halogens is 1. The Morgan fingerprint density at radius 1 is 1.14 bits per heavy atom. The van der Waals surface area contributed by atoms with Crippen molar-refractivity contribution >= 4 is 34.2 Å². The van der Waals surface area contributed by atoms with Crippen molar-refractivity contribution in [3.8, 4) is 11.3 Å². The van der Waals surface area contributed by atoms with Crippen LogP contribution in [0.3, 0.4) is 0 Å². The van der Waals surface area contributed by atoms with Crippen molar-refractivity contribution in [1.29, 1.82) is 0 Å². The molecular weight excluding hydrogens is 386 g/mol. The molecule has 1 aliphatic rings. The van der Waals surface area contributed by atoms with Crippen LogP contribution in [0, 0.1) is 0 Å². The highest BCUT2D eigenvalue weighted by Gasteiger charge is 2.26. The van der Waals surface area contributed by atoms with E-state index in [9.17, 15) is 4.79 Å². The van der Waals surface area contributed by atoms with Gasteiger partial charge in [0.25, 0.3) is 5.91 Å². The van der Waals surface area contributed by atoms with Crippen LogP contribution in [0.1, 0.15) is 16.8 Å². The topological polar surface area (TPSA) is 76.8 Å². The van der Waals surface area contributed by atoms with E-state index in [1.165, 1.54) is 0 Å². The molecule has 1 atom stereocenters. The number of rotatable bonds is 4. The highest BCUT2D eigenvalue weighted by molar-refractivity contribution is 6.30. The summed E-state index contributed by atoms with van der Waals surface area (Å²) < 4.78 is 0. The van der Waals surface area contributed by atoms with Crippen molar-refractivity contribution in [2.24, 2.45) is 0 Å². The summed E-state index contributed by atoms with van der Waals surface area (Å²) in [4.78, 5) is 18.0. The van der Waals surface area contributed by atoms with Gasteiger partial charge < -0.3 is 15.2 Å². The molecule has 2 aromatic heterocycles. The molecule has 1 fully saturated rings. The Balaban J connectivity index is 1.24. The first-order valence-corrected chi connectivity index (χ1v) is 9.98. The third-order valence-electron chi connectivity index (χ3n) is 5.38. The number of fused-ring (bicyclic) bond motifs is 1. The molecule has 0 bridgehead atoms. The van der Waals surface area contributed by atoms with E-state index in [-0.39, 0.29) is 11.9 Å². The highest BCUT2D eigenvalue weighted by Crippen LogP contribution is 2.25. The zero-order valence-corrected chi connectivity index (χ0v) is 16.4. The molecule has 5 rings (SSSR count). The van der Waals surface area contributed by atoms with Gasteiger partial charge in [-0.15, -0.1) is 0 Å². The molecule has 3 heterocycles. The van der Waals surface area contributed by atoms with E-state index in [0.29, 0.717) is 10.6 Å². The molecule has 146 valence electrons. The summed E-state index contributed by atoms with van der Waals surface area (Å²) in [5.74, 6) is 0.844. The molecule has 6 nitrogen and oxygen atoms in total. The Kier molecular flexibility index (Phi) is 4.48. The fourth-order valence-electron chi connectivity index (χ4n) is 3.79. The molecule has 29 heavy (non-hydrogen) atoms. The van der Waals surface area contributed by atoms with E-state index in [0.717, 1.165) is 47.5 Å². The number of nitrogens with one attached hydrogen (secondary N) is 3. The van der Waals surface area contributed by atoms with Gasteiger partial charge >= 0.3 is 0 Å². The molecule has 0 unspecified atom stereocenters. The second-order valence-corrected chi connectivity index (χ2v) is 7.77. The summed E-state index contributed by atoms with van der Waals surface area (Å²) in [5, 5.41) is 12.5. The van der Waals surface area contributed by atoms with Crippen LogP contribution in [0.4, 0.5) is 5.82 Å². The first-order valence-electron chi connectivity index (χ1n) is 9.60. The number of amides is 1. The van der Waals surface area contributed by atoms with Crippen LogP contribution in [0.15, 0.2) is 60.8 Å². The second-order valence-electron chi connectivity index (χ2n) is 7.33. The lowest BCUT2D eigenvalue weighted by Crippen LogP contribution is -2.37. The number of hydrogen-bond donors (Lipinski definition) is 3.